The Hall–Kier alpha value is -2.24. The zero-order chi connectivity index (χ0) is 19.6. The maximum absolute atomic E-state index is 14.4. The lowest BCUT2D eigenvalue weighted by Gasteiger charge is -2.27. The highest BCUT2D eigenvalue weighted by Gasteiger charge is 2.36. The second kappa shape index (κ2) is 8.84. The van der Waals surface area contributed by atoms with Gasteiger partial charge < -0.3 is 9.47 Å². The fourth-order valence-corrected chi connectivity index (χ4v) is 3.49. The molecule has 1 saturated carbocycles. The van der Waals surface area contributed by atoms with Crippen LogP contribution in [0.5, 0.6) is 11.5 Å². The molecule has 3 rings (SSSR count). The van der Waals surface area contributed by atoms with Crippen LogP contribution in [-0.4, -0.2) is 7.11 Å². The molecule has 2 aromatic carbocycles. The lowest BCUT2D eigenvalue weighted by atomic mass is 9.79. The van der Waals surface area contributed by atoms with Crippen LogP contribution in [0.1, 0.15) is 58.5 Å². The predicted molar refractivity (Wildman–Crippen MR) is 103 cm³/mol. The maximum Gasteiger partial charge on any atom is 0.426 e. The first-order valence-electron chi connectivity index (χ1n) is 9.01. The molecule has 0 amide bonds. The van der Waals surface area contributed by atoms with Gasteiger partial charge in [0.25, 0.3) is 0 Å². The summed E-state index contributed by atoms with van der Waals surface area (Å²) >= 11 is 0. The third-order valence-corrected chi connectivity index (χ3v) is 5.20. The van der Waals surface area contributed by atoms with E-state index in [0.29, 0.717) is 11.8 Å². The second-order valence-corrected chi connectivity index (χ2v) is 7.09. The van der Waals surface area contributed by atoms with Crippen molar-refractivity contribution >= 4 is 0 Å². The van der Waals surface area contributed by atoms with E-state index in [4.69, 9.17) is 0 Å². The van der Waals surface area contributed by atoms with Gasteiger partial charge in [0.15, 0.2) is 11.5 Å². The van der Waals surface area contributed by atoms with Gasteiger partial charge in [-0.1, -0.05) is 39.3 Å². The minimum atomic E-state index is -3.79. The van der Waals surface area contributed by atoms with Crippen LogP contribution in [0, 0.1) is 17.6 Å². The topological polar surface area (TPSA) is 18.5 Å². The van der Waals surface area contributed by atoms with E-state index in [0.717, 1.165) is 50.5 Å². The van der Waals surface area contributed by atoms with E-state index in [1.807, 2.05) is 0 Å². The summed E-state index contributed by atoms with van der Waals surface area (Å²) in [7, 11) is 1.15. The van der Waals surface area contributed by atoms with Crippen molar-refractivity contribution in [1.29, 1.82) is 0 Å². The van der Waals surface area contributed by atoms with E-state index < -0.39 is 29.1 Å². The van der Waals surface area contributed by atoms with Crippen LogP contribution >= 0.6 is 0 Å². The molecule has 0 spiro atoms. The SMILES string of the molecule is C.COc1ccc(OC(F)(F)c2ccc(C3CCC(C)CC3)cc2)c(F)c1F.[HH]. The van der Waals surface area contributed by atoms with Crippen molar-refractivity contribution in [1.82, 2.24) is 0 Å². The summed E-state index contributed by atoms with van der Waals surface area (Å²) in [5.74, 6) is -3.05. The van der Waals surface area contributed by atoms with Crippen molar-refractivity contribution in [3.63, 3.8) is 0 Å². The van der Waals surface area contributed by atoms with Gasteiger partial charge >= 0.3 is 6.11 Å². The molecule has 0 aromatic heterocycles. The van der Waals surface area contributed by atoms with Crippen LogP contribution < -0.4 is 9.47 Å². The molecule has 2 aromatic rings. The zero-order valence-electron chi connectivity index (χ0n) is 15.3. The van der Waals surface area contributed by atoms with E-state index in [1.54, 1.807) is 12.1 Å². The summed E-state index contributed by atoms with van der Waals surface area (Å²) in [6, 6.07) is 7.85. The van der Waals surface area contributed by atoms with Crippen molar-refractivity contribution < 1.29 is 28.5 Å². The standard InChI is InChI=1S/C21H22F4O2.CH4.H2/c1-13-3-5-14(6-4-13)15-7-9-16(10-8-15)21(24,25)27-18-12-11-17(26-2)19(22)20(18)23;;/h7-14H,3-6H2,1-2H3;1H4;1H. The van der Waals surface area contributed by atoms with Crippen LogP contribution in [0.15, 0.2) is 36.4 Å². The normalized spacial score (nSPS) is 19.6. The highest BCUT2D eigenvalue weighted by molar-refractivity contribution is 5.36. The van der Waals surface area contributed by atoms with Gasteiger partial charge in [0.2, 0.25) is 11.6 Å². The van der Waals surface area contributed by atoms with Crippen molar-refractivity contribution in [2.45, 2.75) is 52.1 Å². The Kier molecular flexibility index (Phi) is 6.96. The number of rotatable bonds is 5. The molecular formula is C22H28F4O2. The van der Waals surface area contributed by atoms with Crippen LogP contribution in [-0.2, 0) is 6.11 Å². The fourth-order valence-electron chi connectivity index (χ4n) is 3.49. The van der Waals surface area contributed by atoms with Gasteiger partial charge in [-0.15, -0.1) is 0 Å². The summed E-state index contributed by atoms with van der Waals surface area (Å²) in [6.45, 7) is 2.22. The molecule has 0 atom stereocenters. The predicted octanol–water partition coefficient (Wildman–Crippen LogP) is 7.28. The molecule has 0 radical (unpaired) electrons. The largest absolute Gasteiger partial charge is 0.494 e. The molecular weight excluding hydrogens is 372 g/mol. The van der Waals surface area contributed by atoms with Crippen molar-refractivity contribution in [2.75, 3.05) is 7.11 Å². The smallest absolute Gasteiger partial charge is 0.426 e. The molecule has 156 valence electrons. The summed E-state index contributed by atoms with van der Waals surface area (Å²) < 4.78 is 65.6. The Bertz CT molecular complexity index is 788. The lowest BCUT2D eigenvalue weighted by Crippen LogP contribution is -2.23. The van der Waals surface area contributed by atoms with E-state index >= 15 is 0 Å². The minimum absolute atomic E-state index is 0. The fraction of sp³-hybridized carbons (Fsp3) is 0.455. The molecule has 0 aliphatic heterocycles. The minimum Gasteiger partial charge on any atom is -0.494 e. The maximum atomic E-state index is 14.4. The third-order valence-electron chi connectivity index (χ3n) is 5.20. The number of ether oxygens (including phenoxy) is 2. The number of methoxy groups -OCH3 is 1. The van der Waals surface area contributed by atoms with Crippen molar-refractivity contribution in [2.24, 2.45) is 5.92 Å². The molecule has 0 unspecified atom stereocenters. The second-order valence-electron chi connectivity index (χ2n) is 7.09. The Labute approximate surface area is 165 Å². The first kappa shape index (κ1) is 22.1. The van der Waals surface area contributed by atoms with Gasteiger partial charge in [0.1, 0.15) is 0 Å². The molecule has 0 saturated heterocycles. The van der Waals surface area contributed by atoms with Crippen LogP contribution in [0.2, 0.25) is 0 Å². The van der Waals surface area contributed by atoms with E-state index in [-0.39, 0.29) is 14.6 Å². The Morgan fingerprint density at radius 1 is 0.893 bits per heavy atom. The molecule has 28 heavy (non-hydrogen) atoms. The lowest BCUT2D eigenvalue weighted by molar-refractivity contribution is -0.187. The molecule has 0 N–H and O–H groups in total. The number of halogens is 4. The van der Waals surface area contributed by atoms with Crippen LogP contribution in [0.4, 0.5) is 17.6 Å². The van der Waals surface area contributed by atoms with E-state index in [9.17, 15) is 17.6 Å². The molecule has 0 heterocycles. The van der Waals surface area contributed by atoms with Gasteiger partial charge in [-0.05, 0) is 54.5 Å². The first-order chi connectivity index (χ1) is 12.8. The summed E-state index contributed by atoms with van der Waals surface area (Å²) in [5.41, 5.74) is 0.606. The van der Waals surface area contributed by atoms with Crippen molar-refractivity contribution in [3.05, 3.63) is 59.2 Å². The molecule has 1 fully saturated rings. The average molecular weight is 400 g/mol. The number of hydrogen-bond acceptors (Lipinski definition) is 2. The molecule has 2 nitrogen and oxygen atoms in total. The summed E-state index contributed by atoms with van der Waals surface area (Å²) in [4.78, 5) is 0. The number of benzene rings is 2. The van der Waals surface area contributed by atoms with Crippen LogP contribution in [0.3, 0.4) is 0 Å². The zero-order valence-corrected chi connectivity index (χ0v) is 15.3. The molecule has 0 bridgehead atoms. The third kappa shape index (κ3) is 4.59. The van der Waals surface area contributed by atoms with Crippen LogP contribution in [0.25, 0.3) is 0 Å². The van der Waals surface area contributed by atoms with Gasteiger partial charge in [-0.3, -0.25) is 0 Å². The number of hydrogen-bond donors (Lipinski definition) is 0. The van der Waals surface area contributed by atoms with Gasteiger partial charge in [0, 0.05) is 1.43 Å². The first-order valence-corrected chi connectivity index (χ1v) is 9.01. The molecule has 1 aliphatic rings. The highest BCUT2D eigenvalue weighted by Crippen LogP contribution is 2.38. The summed E-state index contributed by atoms with van der Waals surface area (Å²) in [6.07, 6.45) is 0.566. The Morgan fingerprint density at radius 2 is 1.43 bits per heavy atom. The molecule has 6 heteroatoms. The molecule has 1 aliphatic carbocycles. The van der Waals surface area contributed by atoms with E-state index in [2.05, 4.69) is 16.4 Å². The Balaban J connectivity index is 0.00000210. The highest BCUT2D eigenvalue weighted by atomic mass is 19.3. The van der Waals surface area contributed by atoms with Gasteiger partial charge in [-0.25, -0.2) is 0 Å². The van der Waals surface area contributed by atoms with Gasteiger partial charge in [0.05, 0.1) is 12.7 Å². The quantitative estimate of drug-likeness (QED) is 0.491. The van der Waals surface area contributed by atoms with E-state index in [1.165, 1.54) is 12.1 Å². The Morgan fingerprint density at radius 3 is 2.00 bits per heavy atom. The average Bonchev–Trinajstić information content (AvgIpc) is 2.66. The monoisotopic (exact) mass is 400 g/mol. The van der Waals surface area contributed by atoms with Crippen molar-refractivity contribution in [3.8, 4) is 11.5 Å². The summed E-state index contributed by atoms with van der Waals surface area (Å²) in [5, 5.41) is 0. The van der Waals surface area contributed by atoms with Gasteiger partial charge in [-0.2, -0.15) is 17.6 Å². The number of alkyl halides is 2.